The molecule has 7 nitrogen and oxygen atoms in total. The van der Waals surface area contributed by atoms with Crippen molar-refractivity contribution < 1.29 is 14.3 Å². The first-order chi connectivity index (χ1) is 16.2. The minimum Gasteiger partial charge on any atom is -0.383 e. The summed E-state index contributed by atoms with van der Waals surface area (Å²) in [5, 5.41) is 5.32. The lowest BCUT2D eigenvalue weighted by molar-refractivity contribution is 0.0629. The van der Waals surface area contributed by atoms with Crippen LogP contribution in [0, 0.1) is 0 Å². The molecule has 0 N–H and O–H groups in total. The molecule has 0 atom stereocenters. The van der Waals surface area contributed by atoms with Crippen molar-refractivity contribution in [3.63, 3.8) is 0 Å². The molecule has 4 aromatic rings. The molecule has 4 rings (SSSR count). The summed E-state index contributed by atoms with van der Waals surface area (Å²) in [6.45, 7) is 2.41. The van der Waals surface area contributed by atoms with Crippen molar-refractivity contribution in [2.24, 2.45) is 0 Å². The number of aromatic nitrogens is 3. The third-order valence-corrected chi connectivity index (χ3v) is 5.50. The van der Waals surface area contributed by atoms with Gasteiger partial charge in [-0.05, 0) is 11.6 Å². The normalized spacial score (nSPS) is 11.1. The zero-order valence-corrected chi connectivity index (χ0v) is 19.0. The van der Waals surface area contributed by atoms with Crippen molar-refractivity contribution in [1.82, 2.24) is 19.7 Å². The van der Waals surface area contributed by atoms with E-state index in [4.69, 9.17) is 14.5 Å². The van der Waals surface area contributed by atoms with Gasteiger partial charge in [0.15, 0.2) is 5.65 Å². The molecule has 0 bridgehead atoms. The van der Waals surface area contributed by atoms with E-state index in [1.54, 1.807) is 25.3 Å². The number of ether oxygens (including phenoxy) is 2. The monoisotopic (exact) mass is 444 g/mol. The first-order valence-electron chi connectivity index (χ1n) is 10.9. The van der Waals surface area contributed by atoms with Crippen LogP contribution in [0.5, 0.6) is 0 Å². The van der Waals surface area contributed by atoms with E-state index in [9.17, 15) is 4.79 Å². The van der Waals surface area contributed by atoms with Crippen LogP contribution in [0.15, 0.2) is 72.9 Å². The van der Waals surface area contributed by atoms with Crippen molar-refractivity contribution in [1.29, 1.82) is 0 Å². The molecular weight excluding hydrogens is 416 g/mol. The first kappa shape index (κ1) is 22.6. The fourth-order valence-electron chi connectivity index (χ4n) is 3.74. The van der Waals surface area contributed by atoms with Crippen LogP contribution in [0.25, 0.3) is 22.3 Å². The molecule has 0 radical (unpaired) electrons. The predicted molar refractivity (Wildman–Crippen MR) is 128 cm³/mol. The summed E-state index contributed by atoms with van der Waals surface area (Å²) in [7, 11) is 3.26. The summed E-state index contributed by atoms with van der Waals surface area (Å²) in [4.78, 5) is 20.3. The van der Waals surface area contributed by atoms with Crippen LogP contribution in [0.2, 0.25) is 0 Å². The summed E-state index contributed by atoms with van der Waals surface area (Å²) in [5.74, 6) is -0.0899. The lowest BCUT2D eigenvalue weighted by atomic mass is 10.1. The molecular formula is C26H28N4O3. The Labute approximate surface area is 193 Å². The fraction of sp³-hybridized carbons (Fsp3) is 0.269. The second-order valence-corrected chi connectivity index (χ2v) is 7.72. The summed E-state index contributed by atoms with van der Waals surface area (Å²) < 4.78 is 12.3. The van der Waals surface area contributed by atoms with Crippen LogP contribution in [-0.2, 0) is 16.0 Å². The maximum Gasteiger partial charge on any atom is 0.254 e. The number of pyridine rings is 1. The molecule has 0 aliphatic rings. The zero-order valence-electron chi connectivity index (χ0n) is 19.0. The zero-order chi connectivity index (χ0) is 23.0. The van der Waals surface area contributed by atoms with Crippen molar-refractivity contribution >= 4 is 16.9 Å². The lowest BCUT2D eigenvalue weighted by Gasteiger charge is -2.22. The standard InChI is InChI=1S/C26H28N4O3/c1-32-15-13-29(14-16-33-2)26(31)22-17-24(21-11-7-4-8-12-21)28-25-23(22)18-27-30(25)19-20-9-5-3-6-10-20/h3-12,17-18H,13-16,19H2,1-2H3. The van der Waals surface area contributed by atoms with Gasteiger partial charge in [-0.1, -0.05) is 60.7 Å². The molecule has 0 saturated carbocycles. The maximum atomic E-state index is 13.7. The highest BCUT2D eigenvalue weighted by molar-refractivity contribution is 6.06. The van der Waals surface area contributed by atoms with Gasteiger partial charge < -0.3 is 14.4 Å². The molecule has 2 aromatic carbocycles. The average molecular weight is 445 g/mol. The molecule has 0 saturated heterocycles. The highest BCUT2D eigenvalue weighted by Gasteiger charge is 2.22. The van der Waals surface area contributed by atoms with Crippen molar-refractivity contribution in [2.75, 3.05) is 40.5 Å². The smallest absolute Gasteiger partial charge is 0.254 e. The highest BCUT2D eigenvalue weighted by atomic mass is 16.5. The van der Waals surface area contributed by atoms with Crippen LogP contribution in [0.1, 0.15) is 15.9 Å². The van der Waals surface area contributed by atoms with Gasteiger partial charge >= 0.3 is 0 Å². The predicted octanol–water partition coefficient (Wildman–Crippen LogP) is 3.88. The van der Waals surface area contributed by atoms with Gasteiger partial charge in [0.1, 0.15) is 0 Å². The minimum atomic E-state index is -0.0899. The van der Waals surface area contributed by atoms with E-state index < -0.39 is 0 Å². The number of nitrogens with zero attached hydrogens (tertiary/aromatic N) is 4. The number of methoxy groups -OCH3 is 2. The van der Waals surface area contributed by atoms with Gasteiger partial charge in [0.25, 0.3) is 5.91 Å². The van der Waals surface area contributed by atoms with Crippen LogP contribution in [0.3, 0.4) is 0 Å². The summed E-state index contributed by atoms with van der Waals surface area (Å²) >= 11 is 0. The Hall–Kier alpha value is -3.55. The number of fused-ring (bicyclic) bond motifs is 1. The van der Waals surface area contributed by atoms with E-state index in [-0.39, 0.29) is 5.91 Å². The topological polar surface area (TPSA) is 69.5 Å². The highest BCUT2D eigenvalue weighted by Crippen LogP contribution is 2.26. The van der Waals surface area contributed by atoms with Gasteiger partial charge in [0.2, 0.25) is 0 Å². The Bertz CT molecular complexity index is 1180. The van der Waals surface area contributed by atoms with Gasteiger partial charge in [-0.25, -0.2) is 9.67 Å². The third kappa shape index (κ3) is 5.27. The Morgan fingerprint density at radius 2 is 1.58 bits per heavy atom. The summed E-state index contributed by atoms with van der Waals surface area (Å²) in [6, 6.07) is 21.8. The number of amides is 1. The molecule has 170 valence electrons. The quantitative estimate of drug-likeness (QED) is 0.371. The maximum absolute atomic E-state index is 13.7. The van der Waals surface area contributed by atoms with Crippen LogP contribution in [-0.4, -0.2) is 66.1 Å². The fourth-order valence-corrected chi connectivity index (χ4v) is 3.74. The molecule has 0 spiro atoms. The number of rotatable bonds is 10. The average Bonchev–Trinajstić information content (AvgIpc) is 3.27. The van der Waals surface area contributed by atoms with E-state index in [0.717, 1.165) is 22.2 Å². The number of hydrogen-bond acceptors (Lipinski definition) is 5. The van der Waals surface area contributed by atoms with Crippen LogP contribution >= 0.6 is 0 Å². The molecule has 2 heterocycles. The summed E-state index contributed by atoms with van der Waals surface area (Å²) in [5.41, 5.74) is 4.05. The SMILES string of the molecule is COCCN(CCOC)C(=O)c1cc(-c2ccccc2)nc2c1cnn2Cc1ccccc1. The lowest BCUT2D eigenvalue weighted by Crippen LogP contribution is -2.36. The van der Waals surface area contributed by atoms with E-state index in [0.29, 0.717) is 44.1 Å². The van der Waals surface area contributed by atoms with Gasteiger partial charge in [0, 0.05) is 32.9 Å². The molecule has 0 unspecified atom stereocenters. The van der Waals surface area contributed by atoms with Gasteiger partial charge in [-0.2, -0.15) is 5.10 Å². The van der Waals surface area contributed by atoms with E-state index >= 15 is 0 Å². The van der Waals surface area contributed by atoms with Crippen LogP contribution < -0.4 is 0 Å². The second-order valence-electron chi connectivity index (χ2n) is 7.72. The van der Waals surface area contributed by atoms with Crippen molar-refractivity contribution in [3.05, 3.63) is 84.1 Å². The number of carbonyl (C=O) groups excluding carboxylic acids is 1. The van der Waals surface area contributed by atoms with Gasteiger partial charge in [0.05, 0.1) is 42.6 Å². The van der Waals surface area contributed by atoms with Gasteiger partial charge in [-0.3, -0.25) is 4.79 Å². The number of carbonyl (C=O) groups is 1. The summed E-state index contributed by atoms with van der Waals surface area (Å²) in [6.07, 6.45) is 1.73. The van der Waals surface area contributed by atoms with Crippen molar-refractivity contribution in [3.8, 4) is 11.3 Å². The second kappa shape index (κ2) is 10.8. The number of hydrogen-bond donors (Lipinski definition) is 0. The Kier molecular flexibility index (Phi) is 7.44. The Morgan fingerprint density at radius 3 is 2.21 bits per heavy atom. The van der Waals surface area contributed by atoms with Crippen LogP contribution in [0.4, 0.5) is 0 Å². The minimum absolute atomic E-state index is 0.0899. The molecule has 0 fully saturated rings. The largest absolute Gasteiger partial charge is 0.383 e. The van der Waals surface area contributed by atoms with E-state index in [1.165, 1.54) is 0 Å². The first-order valence-corrected chi connectivity index (χ1v) is 10.9. The molecule has 7 heteroatoms. The molecule has 0 aliphatic carbocycles. The molecule has 33 heavy (non-hydrogen) atoms. The third-order valence-electron chi connectivity index (χ3n) is 5.50. The van der Waals surface area contributed by atoms with Gasteiger partial charge in [-0.15, -0.1) is 0 Å². The van der Waals surface area contributed by atoms with E-state index in [2.05, 4.69) is 17.2 Å². The van der Waals surface area contributed by atoms with Crippen molar-refractivity contribution in [2.45, 2.75) is 6.54 Å². The Morgan fingerprint density at radius 1 is 0.939 bits per heavy atom. The molecule has 2 aromatic heterocycles. The molecule has 1 amide bonds. The Balaban J connectivity index is 1.81. The number of benzene rings is 2. The van der Waals surface area contributed by atoms with E-state index in [1.807, 2.05) is 59.3 Å². The molecule has 0 aliphatic heterocycles.